The third-order valence-corrected chi connectivity index (χ3v) is 6.23. The van der Waals surface area contributed by atoms with Gasteiger partial charge in [-0.15, -0.1) is 6.58 Å². The van der Waals surface area contributed by atoms with Crippen LogP contribution in [0.3, 0.4) is 0 Å². The van der Waals surface area contributed by atoms with Crippen molar-refractivity contribution in [3.05, 3.63) is 76.5 Å². The minimum atomic E-state index is -0.922. The Labute approximate surface area is 191 Å². The van der Waals surface area contributed by atoms with E-state index >= 15 is 0 Å². The summed E-state index contributed by atoms with van der Waals surface area (Å²) < 4.78 is 14.3. The molecule has 2 aromatic carbocycles. The van der Waals surface area contributed by atoms with E-state index in [4.69, 9.17) is 0 Å². The van der Waals surface area contributed by atoms with E-state index in [1.54, 1.807) is 12.1 Å². The molecule has 1 saturated carbocycles. The van der Waals surface area contributed by atoms with Gasteiger partial charge in [-0.2, -0.15) is 0 Å². The Bertz CT molecular complexity index is 939. The summed E-state index contributed by atoms with van der Waals surface area (Å²) in [6.45, 7) is 5.64. The summed E-state index contributed by atoms with van der Waals surface area (Å²) in [5.41, 5.74) is 2.17. The number of nitrogens with zero attached hydrogens (tertiary/aromatic N) is 1. The van der Waals surface area contributed by atoms with Gasteiger partial charge in [0.05, 0.1) is 5.69 Å². The van der Waals surface area contributed by atoms with Crippen LogP contribution < -0.4 is 10.2 Å². The number of aryl methyl sites for hydroxylation is 1. The molecule has 0 spiro atoms. The lowest BCUT2D eigenvalue weighted by atomic mass is 9.94. The smallest absolute Gasteiger partial charge is 0.248 e. The molecule has 4 nitrogen and oxygen atoms in total. The van der Waals surface area contributed by atoms with Crippen molar-refractivity contribution in [2.75, 3.05) is 4.90 Å². The van der Waals surface area contributed by atoms with Gasteiger partial charge in [0.2, 0.25) is 11.8 Å². The molecule has 31 heavy (non-hydrogen) atoms. The van der Waals surface area contributed by atoms with Gasteiger partial charge in [-0.1, -0.05) is 43.5 Å². The van der Waals surface area contributed by atoms with Gasteiger partial charge in [0, 0.05) is 16.9 Å². The van der Waals surface area contributed by atoms with Crippen molar-refractivity contribution in [2.24, 2.45) is 0 Å². The number of halogens is 2. The van der Waals surface area contributed by atoms with Crippen LogP contribution in [0.25, 0.3) is 0 Å². The minimum Gasteiger partial charge on any atom is -0.351 e. The van der Waals surface area contributed by atoms with E-state index in [1.165, 1.54) is 29.5 Å². The van der Waals surface area contributed by atoms with E-state index in [-0.39, 0.29) is 24.3 Å². The molecule has 0 heterocycles. The van der Waals surface area contributed by atoms with Gasteiger partial charge in [-0.3, -0.25) is 14.5 Å². The van der Waals surface area contributed by atoms with Crippen LogP contribution in [-0.2, 0) is 9.59 Å². The molecular formula is C25H28BrFN2O2. The molecule has 0 aromatic heterocycles. The zero-order chi connectivity index (χ0) is 22.4. The summed E-state index contributed by atoms with van der Waals surface area (Å²) in [6, 6.07) is 10.6. The van der Waals surface area contributed by atoms with E-state index in [2.05, 4.69) is 27.8 Å². The molecule has 1 fully saturated rings. The van der Waals surface area contributed by atoms with Crippen LogP contribution in [0.1, 0.15) is 55.7 Å². The van der Waals surface area contributed by atoms with Gasteiger partial charge in [-0.25, -0.2) is 4.39 Å². The van der Waals surface area contributed by atoms with Gasteiger partial charge in [-0.05, 0) is 71.1 Å². The summed E-state index contributed by atoms with van der Waals surface area (Å²) in [5.74, 6) is -0.910. The van der Waals surface area contributed by atoms with Crippen LogP contribution in [-0.4, -0.2) is 17.9 Å². The topological polar surface area (TPSA) is 49.4 Å². The molecule has 1 aliphatic rings. The summed E-state index contributed by atoms with van der Waals surface area (Å²) in [7, 11) is 0. The van der Waals surface area contributed by atoms with Crippen LogP contribution >= 0.6 is 15.9 Å². The Morgan fingerprint density at radius 2 is 1.87 bits per heavy atom. The fourth-order valence-electron chi connectivity index (χ4n) is 4.04. The van der Waals surface area contributed by atoms with Crippen molar-refractivity contribution >= 4 is 33.4 Å². The second-order valence-electron chi connectivity index (χ2n) is 8.01. The first-order valence-corrected chi connectivity index (χ1v) is 11.4. The molecule has 0 saturated heterocycles. The Kier molecular flexibility index (Phi) is 8.02. The molecular weight excluding hydrogens is 459 g/mol. The highest BCUT2D eigenvalue weighted by atomic mass is 79.9. The molecule has 0 bridgehead atoms. The second kappa shape index (κ2) is 10.7. The summed E-state index contributed by atoms with van der Waals surface area (Å²) in [6.07, 6.45) is 6.79. The van der Waals surface area contributed by atoms with E-state index < -0.39 is 11.9 Å². The number of rotatable bonds is 7. The highest BCUT2D eigenvalue weighted by molar-refractivity contribution is 9.10. The average molecular weight is 487 g/mol. The molecule has 2 aromatic rings. The zero-order valence-corrected chi connectivity index (χ0v) is 19.3. The number of carbonyl (C=O) groups is 2. The maximum atomic E-state index is 13.6. The van der Waals surface area contributed by atoms with Gasteiger partial charge >= 0.3 is 0 Å². The average Bonchev–Trinajstić information content (AvgIpc) is 2.74. The van der Waals surface area contributed by atoms with Crippen LogP contribution in [0.5, 0.6) is 0 Å². The third kappa shape index (κ3) is 5.82. The molecule has 1 aliphatic carbocycles. The maximum Gasteiger partial charge on any atom is 0.248 e. The lowest BCUT2D eigenvalue weighted by molar-refractivity contribution is -0.127. The number of hydrogen-bond donors (Lipinski definition) is 1. The first-order chi connectivity index (χ1) is 14.9. The lowest BCUT2D eigenvalue weighted by Crippen LogP contribution is -2.47. The van der Waals surface area contributed by atoms with Crippen LogP contribution in [0.15, 0.2) is 59.6 Å². The number of amides is 2. The molecule has 6 heteroatoms. The van der Waals surface area contributed by atoms with Crippen molar-refractivity contribution in [1.29, 1.82) is 0 Å². The van der Waals surface area contributed by atoms with E-state index in [1.807, 2.05) is 25.1 Å². The van der Waals surface area contributed by atoms with Crippen molar-refractivity contribution in [1.82, 2.24) is 5.32 Å². The van der Waals surface area contributed by atoms with Crippen LogP contribution in [0, 0.1) is 12.7 Å². The first kappa shape index (κ1) is 23.2. The Morgan fingerprint density at radius 3 is 2.48 bits per heavy atom. The summed E-state index contributed by atoms with van der Waals surface area (Å²) in [4.78, 5) is 28.3. The molecule has 3 rings (SSSR count). The SMILES string of the molecule is C=CCC(=O)N(c1ccc(C)cc1Br)C(C(=O)NC1CCCCC1)c1ccc(F)cc1. The molecule has 0 radical (unpaired) electrons. The Hall–Kier alpha value is -2.47. The second-order valence-corrected chi connectivity index (χ2v) is 8.86. The molecule has 0 aliphatic heterocycles. The third-order valence-electron chi connectivity index (χ3n) is 5.59. The monoisotopic (exact) mass is 486 g/mol. The molecule has 2 amide bonds. The lowest BCUT2D eigenvalue weighted by Gasteiger charge is -2.34. The predicted molar refractivity (Wildman–Crippen MR) is 125 cm³/mol. The van der Waals surface area contributed by atoms with Crippen LogP contribution in [0.4, 0.5) is 10.1 Å². The zero-order valence-electron chi connectivity index (χ0n) is 17.7. The van der Waals surface area contributed by atoms with Crippen LogP contribution in [0.2, 0.25) is 0 Å². The van der Waals surface area contributed by atoms with E-state index in [0.29, 0.717) is 15.7 Å². The van der Waals surface area contributed by atoms with E-state index in [0.717, 1.165) is 31.2 Å². The maximum absolute atomic E-state index is 13.6. The Balaban J connectivity index is 2.07. The first-order valence-electron chi connectivity index (χ1n) is 10.7. The summed E-state index contributed by atoms with van der Waals surface area (Å²) >= 11 is 3.56. The van der Waals surface area contributed by atoms with Gasteiger partial charge in [0.1, 0.15) is 11.9 Å². The quantitative estimate of drug-likeness (QED) is 0.488. The van der Waals surface area contributed by atoms with Gasteiger partial charge < -0.3 is 5.32 Å². The van der Waals surface area contributed by atoms with Crippen molar-refractivity contribution in [2.45, 2.75) is 57.5 Å². The number of hydrogen-bond acceptors (Lipinski definition) is 2. The standard InChI is InChI=1S/C25H28BrFN2O2/c1-3-7-23(30)29(22-15-10-17(2)16-21(22)26)24(18-11-13-19(27)14-12-18)25(31)28-20-8-5-4-6-9-20/h3,10-16,20,24H,1,4-9H2,2H3,(H,28,31). The predicted octanol–water partition coefficient (Wildman–Crippen LogP) is 6.00. The fraction of sp³-hybridized carbons (Fsp3) is 0.360. The molecule has 1 N–H and O–H groups in total. The normalized spacial score (nSPS) is 15.2. The molecule has 1 unspecified atom stereocenters. The highest BCUT2D eigenvalue weighted by Crippen LogP contribution is 2.35. The van der Waals surface area contributed by atoms with Crippen molar-refractivity contribution < 1.29 is 14.0 Å². The number of anilines is 1. The van der Waals surface area contributed by atoms with Gasteiger partial charge in [0.25, 0.3) is 0 Å². The molecule has 1 atom stereocenters. The number of nitrogens with one attached hydrogen (secondary N) is 1. The fourth-order valence-corrected chi connectivity index (χ4v) is 4.72. The largest absolute Gasteiger partial charge is 0.351 e. The highest BCUT2D eigenvalue weighted by Gasteiger charge is 2.34. The Morgan fingerprint density at radius 1 is 1.19 bits per heavy atom. The number of carbonyl (C=O) groups excluding carboxylic acids is 2. The van der Waals surface area contributed by atoms with E-state index in [9.17, 15) is 14.0 Å². The minimum absolute atomic E-state index is 0.0781. The van der Waals surface area contributed by atoms with Crippen molar-refractivity contribution in [3.8, 4) is 0 Å². The van der Waals surface area contributed by atoms with Gasteiger partial charge in [0.15, 0.2) is 0 Å². The number of benzene rings is 2. The molecule has 164 valence electrons. The van der Waals surface area contributed by atoms with Crippen molar-refractivity contribution in [3.63, 3.8) is 0 Å². The summed E-state index contributed by atoms with van der Waals surface area (Å²) in [5, 5.41) is 3.14.